The lowest BCUT2D eigenvalue weighted by atomic mass is 10.1. The fourth-order valence-electron chi connectivity index (χ4n) is 3.87. The maximum absolute atomic E-state index is 12.2. The van der Waals surface area contributed by atoms with Crippen molar-refractivity contribution in [3.63, 3.8) is 0 Å². The Balaban J connectivity index is 1.33. The van der Waals surface area contributed by atoms with Crippen molar-refractivity contribution in [3.05, 3.63) is 65.5 Å². The monoisotopic (exact) mass is 436 g/mol. The van der Waals surface area contributed by atoms with Gasteiger partial charge in [0, 0.05) is 63.5 Å². The molecule has 4 rings (SSSR count). The molecule has 0 atom stereocenters. The standard InChI is InChI=1S/C23H28N6O3/c1-2-32-19-7-3-5-18(22(19)30)16-28-12-9-21-27-26-20(29(21)14-13-28)8-11-25-23(31)17-6-4-10-24-15-17/h3-7,10,15,30H,2,8-9,11-14,16H2,1H3,(H,25,31). The van der Waals surface area contributed by atoms with Crippen molar-refractivity contribution in [2.24, 2.45) is 0 Å². The molecule has 168 valence electrons. The number of aromatic hydroxyl groups is 1. The Morgan fingerprint density at radius 3 is 2.91 bits per heavy atom. The third kappa shape index (κ3) is 5.05. The van der Waals surface area contributed by atoms with Crippen molar-refractivity contribution in [1.29, 1.82) is 0 Å². The van der Waals surface area contributed by atoms with E-state index in [1.165, 1.54) is 0 Å². The predicted molar refractivity (Wildman–Crippen MR) is 119 cm³/mol. The number of fused-ring (bicyclic) bond motifs is 1. The number of amides is 1. The lowest BCUT2D eigenvalue weighted by Gasteiger charge is -2.21. The molecule has 1 amide bonds. The number of aromatic nitrogens is 4. The van der Waals surface area contributed by atoms with Crippen LogP contribution in [0.3, 0.4) is 0 Å². The Bertz CT molecular complexity index is 1050. The van der Waals surface area contributed by atoms with Crippen molar-refractivity contribution in [2.45, 2.75) is 32.9 Å². The molecule has 0 saturated heterocycles. The van der Waals surface area contributed by atoms with Crippen LogP contribution in [0.2, 0.25) is 0 Å². The number of benzene rings is 1. The zero-order chi connectivity index (χ0) is 22.3. The first kappa shape index (κ1) is 21.8. The Labute approximate surface area is 187 Å². The van der Waals surface area contributed by atoms with Gasteiger partial charge in [0.25, 0.3) is 5.91 Å². The van der Waals surface area contributed by atoms with Crippen LogP contribution >= 0.6 is 0 Å². The Morgan fingerprint density at radius 1 is 1.19 bits per heavy atom. The number of phenols is 1. The minimum Gasteiger partial charge on any atom is -0.504 e. The molecule has 0 bridgehead atoms. The van der Waals surface area contributed by atoms with E-state index in [0.29, 0.717) is 37.4 Å². The van der Waals surface area contributed by atoms with E-state index < -0.39 is 0 Å². The summed E-state index contributed by atoms with van der Waals surface area (Å²) < 4.78 is 7.65. The molecule has 0 aliphatic carbocycles. The third-order valence-corrected chi connectivity index (χ3v) is 5.53. The van der Waals surface area contributed by atoms with E-state index in [1.807, 2.05) is 19.1 Å². The van der Waals surface area contributed by atoms with E-state index >= 15 is 0 Å². The highest BCUT2D eigenvalue weighted by Crippen LogP contribution is 2.30. The molecule has 0 unspecified atom stereocenters. The number of phenolic OH excluding ortho intramolecular Hbond substituents is 1. The van der Waals surface area contributed by atoms with Gasteiger partial charge in [0.1, 0.15) is 11.6 Å². The smallest absolute Gasteiger partial charge is 0.252 e. The first-order valence-electron chi connectivity index (χ1n) is 10.9. The zero-order valence-electron chi connectivity index (χ0n) is 18.2. The Morgan fingerprint density at radius 2 is 2.09 bits per heavy atom. The first-order valence-corrected chi connectivity index (χ1v) is 10.9. The highest BCUT2D eigenvalue weighted by Gasteiger charge is 2.20. The summed E-state index contributed by atoms with van der Waals surface area (Å²) in [5.74, 6) is 2.41. The molecule has 1 aliphatic heterocycles. The number of carbonyl (C=O) groups is 1. The van der Waals surface area contributed by atoms with Gasteiger partial charge in [-0.15, -0.1) is 10.2 Å². The van der Waals surface area contributed by atoms with Gasteiger partial charge in [-0.2, -0.15) is 0 Å². The van der Waals surface area contributed by atoms with Gasteiger partial charge < -0.3 is 19.7 Å². The van der Waals surface area contributed by atoms with Crippen LogP contribution in [-0.4, -0.2) is 61.9 Å². The summed E-state index contributed by atoms with van der Waals surface area (Å²) >= 11 is 0. The van der Waals surface area contributed by atoms with Crippen LogP contribution in [0, 0.1) is 0 Å². The number of para-hydroxylation sites is 1. The van der Waals surface area contributed by atoms with Crippen molar-refractivity contribution in [3.8, 4) is 11.5 Å². The molecule has 0 saturated carbocycles. The second-order valence-corrected chi connectivity index (χ2v) is 7.65. The van der Waals surface area contributed by atoms with E-state index in [9.17, 15) is 9.90 Å². The second kappa shape index (κ2) is 10.2. The fraction of sp³-hybridized carbons (Fsp3) is 0.391. The normalized spacial score (nSPS) is 13.9. The van der Waals surface area contributed by atoms with Gasteiger partial charge in [0.05, 0.1) is 12.2 Å². The van der Waals surface area contributed by atoms with Crippen molar-refractivity contribution in [1.82, 2.24) is 30.0 Å². The molecule has 0 radical (unpaired) electrons. The lowest BCUT2D eigenvalue weighted by molar-refractivity contribution is 0.0953. The van der Waals surface area contributed by atoms with E-state index in [2.05, 4.69) is 30.0 Å². The van der Waals surface area contributed by atoms with Crippen molar-refractivity contribution >= 4 is 5.91 Å². The lowest BCUT2D eigenvalue weighted by Crippen LogP contribution is -2.28. The van der Waals surface area contributed by atoms with Gasteiger partial charge in [-0.25, -0.2) is 0 Å². The van der Waals surface area contributed by atoms with E-state index in [1.54, 1.807) is 30.6 Å². The third-order valence-electron chi connectivity index (χ3n) is 5.53. The minimum absolute atomic E-state index is 0.144. The molecule has 1 aromatic carbocycles. The number of hydrogen-bond acceptors (Lipinski definition) is 7. The van der Waals surface area contributed by atoms with Crippen LogP contribution in [0.1, 0.15) is 34.5 Å². The van der Waals surface area contributed by atoms with E-state index in [0.717, 1.165) is 43.3 Å². The van der Waals surface area contributed by atoms with Crippen LogP contribution in [0.4, 0.5) is 0 Å². The van der Waals surface area contributed by atoms with Crippen LogP contribution in [0.25, 0.3) is 0 Å². The first-order chi connectivity index (χ1) is 15.7. The molecular weight excluding hydrogens is 408 g/mol. The minimum atomic E-state index is -0.144. The average molecular weight is 437 g/mol. The topological polar surface area (TPSA) is 105 Å². The van der Waals surface area contributed by atoms with Gasteiger partial charge >= 0.3 is 0 Å². The van der Waals surface area contributed by atoms with Gasteiger partial charge in [-0.1, -0.05) is 12.1 Å². The molecule has 1 aliphatic rings. The summed E-state index contributed by atoms with van der Waals surface area (Å²) in [6, 6.07) is 9.10. The molecule has 3 aromatic rings. The van der Waals surface area contributed by atoms with Gasteiger partial charge in [-0.3, -0.25) is 14.7 Å². The van der Waals surface area contributed by atoms with Crippen LogP contribution in [-0.2, 0) is 25.9 Å². The highest BCUT2D eigenvalue weighted by atomic mass is 16.5. The summed E-state index contributed by atoms with van der Waals surface area (Å²) in [7, 11) is 0. The molecule has 2 aromatic heterocycles. The zero-order valence-corrected chi connectivity index (χ0v) is 18.2. The second-order valence-electron chi connectivity index (χ2n) is 7.65. The van der Waals surface area contributed by atoms with Crippen molar-refractivity contribution in [2.75, 3.05) is 26.2 Å². The summed E-state index contributed by atoms with van der Waals surface area (Å²) in [6.45, 7) is 5.94. The molecule has 2 N–H and O–H groups in total. The maximum Gasteiger partial charge on any atom is 0.252 e. The summed E-state index contributed by atoms with van der Waals surface area (Å²) in [5, 5.41) is 22.1. The average Bonchev–Trinajstić information content (AvgIpc) is 3.08. The van der Waals surface area contributed by atoms with Crippen LogP contribution in [0.5, 0.6) is 11.5 Å². The summed E-state index contributed by atoms with van der Waals surface area (Å²) in [6.07, 6.45) is 4.58. The number of nitrogens with one attached hydrogen (secondary N) is 1. The number of rotatable bonds is 8. The fourth-order valence-corrected chi connectivity index (χ4v) is 3.87. The summed E-state index contributed by atoms with van der Waals surface area (Å²) in [4.78, 5) is 18.5. The van der Waals surface area contributed by atoms with Gasteiger partial charge in [-0.05, 0) is 25.1 Å². The van der Waals surface area contributed by atoms with Crippen LogP contribution < -0.4 is 10.1 Å². The number of ether oxygens (including phenoxy) is 1. The van der Waals surface area contributed by atoms with Crippen molar-refractivity contribution < 1.29 is 14.6 Å². The van der Waals surface area contributed by atoms with Gasteiger partial charge in [0.15, 0.2) is 11.5 Å². The van der Waals surface area contributed by atoms with E-state index in [4.69, 9.17) is 4.74 Å². The largest absolute Gasteiger partial charge is 0.504 e. The number of nitrogens with zero attached hydrogens (tertiary/aromatic N) is 5. The molecule has 0 fully saturated rings. The Hall–Kier alpha value is -3.46. The molecule has 9 heteroatoms. The SMILES string of the molecule is CCOc1cccc(CN2CCc3nnc(CCNC(=O)c4cccnc4)n3CC2)c1O. The van der Waals surface area contributed by atoms with Gasteiger partial charge in [0.2, 0.25) is 0 Å². The molecule has 3 heterocycles. The quantitative estimate of drug-likeness (QED) is 0.555. The van der Waals surface area contributed by atoms with Crippen LogP contribution in [0.15, 0.2) is 42.7 Å². The summed E-state index contributed by atoms with van der Waals surface area (Å²) in [5.41, 5.74) is 1.40. The highest BCUT2D eigenvalue weighted by molar-refractivity contribution is 5.93. The number of pyridine rings is 1. The van der Waals surface area contributed by atoms with E-state index in [-0.39, 0.29) is 11.7 Å². The maximum atomic E-state index is 12.2. The molecule has 32 heavy (non-hydrogen) atoms. The number of carbonyl (C=O) groups excluding carboxylic acids is 1. The Kier molecular flexibility index (Phi) is 6.96. The molecular formula is C23H28N6O3. The number of hydrogen-bond donors (Lipinski definition) is 2. The molecule has 9 nitrogen and oxygen atoms in total. The predicted octanol–water partition coefficient (Wildman–Crippen LogP) is 1.81. The molecule has 0 spiro atoms.